The molecule has 1 saturated carbocycles. The quantitative estimate of drug-likeness (QED) is 0.564. The number of rotatable bonds is 9. The average Bonchev–Trinajstić information content (AvgIpc) is 3.64. The van der Waals surface area contributed by atoms with Gasteiger partial charge in [-0.3, -0.25) is 14.4 Å². The lowest BCUT2D eigenvalue weighted by molar-refractivity contribution is -0.124. The van der Waals surface area contributed by atoms with E-state index < -0.39 is 6.04 Å². The van der Waals surface area contributed by atoms with Gasteiger partial charge in [-0.2, -0.15) is 0 Å². The molecule has 2 unspecified atom stereocenters. The number of hydrogen-bond acceptors (Lipinski definition) is 6. The Bertz CT molecular complexity index is 1070. The zero-order valence-corrected chi connectivity index (χ0v) is 20.1. The van der Waals surface area contributed by atoms with Gasteiger partial charge in [-0.15, -0.1) is 0 Å². The van der Waals surface area contributed by atoms with Gasteiger partial charge in [-0.1, -0.05) is 6.07 Å². The molecule has 2 aliphatic rings. The Labute approximate surface area is 205 Å². The molecule has 4 rings (SSSR count). The molecule has 1 aliphatic heterocycles. The van der Waals surface area contributed by atoms with Gasteiger partial charge in [0.15, 0.2) is 0 Å². The van der Waals surface area contributed by atoms with E-state index in [1.165, 1.54) is 7.11 Å². The predicted molar refractivity (Wildman–Crippen MR) is 130 cm³/mol. The molecule has 0 aromatic heterocycles. The van der Waals surface area contributed by atoms with Gasteiger partial charge in [0.05, 0.1) is 20.3 Å². The molecule has 1 heterocycles. The van der Waals surface area contributed by atoms with Crippen molar-refractivity contribution in [3.8, 4) is 11.5 Å². The number of carbonyl (C=O) groups is 3. The third kappa shape index (κ3) is 5.40. The lowest BCUT2D eigenvalue weighted by Crippen LogP contribution is -2.47. The van der Waals surface area contributed by atoms with Crippen molar-refractivity contribution in [1.82, 2.24) is 15.1 Å². The van der Waals surface area contributed by atoms with Gasteiger partial charge in [0, 0.05) is 36.8 Å². The molecule has 3 N–H and O–H groups in total. The summed E-state index contributed by atoms with van der Waals surface area (Å²) >= 11 is 0. The van der Waals surface area contributed by atoms with Crippen molar-refractivity contribution in [3.63, 3.8) is 0 Å². The number of ether oxygens (including phenoxy) is 2. The molecule has 9 heteroatoms. The Morgan fingerprint density at radius 3 is 2.34 bits per heavy atom. The van der Waals surface area contributed by atoms with Crippen molar-refractivity contribution in [1.29, 1.82) is 0 Å². The minimum atomic E-state index is -0.699. The van der Waals surface area contributed by atoms with Gasteiger partial charge < -0.3 is 30.3 Å². The molecule has 35 heavy (non-hydrogen) atoms. The van der Waals surface area contributed by atoms with Crippen molar-refractivity contribution in [2.24, 2.45) is 5.73 Å². The molecule has 0 spiro atoms. The number of benzene rings is 2. The molecule has 3 amide bonds. The molecule has 9 nitrogen and oxygen atoms in total. The Morgan fingerprint density at radius 1 is 1.00 bits per heavy atom. The van der Waals surface area contributed by atoms with E-state index in [0.29, 0.717) is 42.1 Å². The maximum atomic E-state index is 13.5. The molecule has 0 radical (unpaired) electrons. The molecule has 2 aromatic carbocycles. The van der Waals surface area contributed by atoms with Gasteiger partial charge in [0.1, 0.15) is 17.5 Å². The van der Waals surface area contributed by atoms with Gasteiger partial charge in [0.25, 0.3) is 11.8 Å². The van der Waals surface area contributed by atoms with Gasteiger partial charge in [0.2, 0.25) is 5.91 Å². The molecular formula is C26H32N4O5. The fourth-order valence-electron chi connectivity index (χ4n) is 4.59. The fraction of sp³-hybridized carbons (Fsp3) is 0.423. The van der Waals surface area contributed by atoms with E-state index in [1.807, 2.05) is 4.90 Å². The number of hydrogen-bond donors (Lipinski definition) is 2. The highest BCUT2D eigenvalue weighted by atomic mass is 16.5. The van der Waals surface area contributed by atoms with E-state index in [1.54, 1.807) is 60.5 Å². The molecule has 2 fully saturated rings. The van der Waals surface area contributed by atoms with E-state index in [-0.39, 0.29) is 36.3 Å². The Kier molecular flexibility index (Phi) is 7.55. The standard InChI is InChI=1S/C26H32N4O5/c1-34-21-10-6-17(7-11-21)26(33)30(19-8-9-19)20-15-23(24(31)28-13-12-27)29(16-20)25(32)18-4-3-5-22(14-18)35-2/h3-7,10-11,14,19-20,23H,8-9,12-13,15-16,27H2,1-2H3,(H,28,31). The maximum Gasteiger partial charge on any atom is 0.254 e. The van der Waals surface area contributed by atoms with Crippen LogP contribution < -0.4 is 20.5 Å². The van der Waals surface area contributed by atoms with E-state index in [9.17, 15) is 14.4 Å². The van der Waals surface area contributed by atoms with Gasteiger partial charge in [-0.25, -0.2) is 0 Å². The zero-order valence-electron chi connectivity index (χ0n) is 20.1. The lowest BCUT2D eigenvalue weighted by atomic mass is 10.1. The summed E-state index contributed by atoms with van der Waals surface area (Å²) in [6.45, 7) is 0.892. The summed E-state index contributed by atoms with van der Waals surface area (Å²) in [5.41, 5.74) is 6.56. The third-order valence-corrected chi connectivity index (χ3v) is 6.51. The van der Waals surface area contributed by atoms with Crippen LogP contribution in [0.2, 0.25) is 0 Å². The monoisotopic (exact) mass is 480 g/mol. The van der Waals surface area contributed by atoms with Crippen molar-refractivity contribution < 1.29 is 23.9 Å². The zero-order chi connectivity index (χ0) is 24.9. The first-order valence-corrected chi connectivity index (χ1v) is 11.9. The maximum absolute atomic E-state index is 13.5. The van der Waals surface area contributed by atoms with E-state index >= 15 is 0 Å². The van der Waals surface area contributed by atoms with Crippen molar-refractivity contribution in [2.75, 3.05) is 33.9 Å². The molecule has 1 aliphatic carbocycles. The van der Waals surface area contributed by atoms with Gasteiger partial charge >= 0.3 is 0 Å². The van der Waals surface area contributed by atoms with E-state index in [0.717, 1.165) is 12.8 Å². The first-order chi connectivity index (χ1) is 17.0. The van der Waals surface area contributed by atoms with Crippen molar-refractivity contribution in [2.45, 2.75) is 37.4 Å². The average molecular weight is 481 g/mol. The largest absolute Gasteiger partial charge is 0.497 e. The fourth-order valence-corrected chi connectivity index (χ4v) is 4.59. The highest BCUT2D eigenvalue weighted by Gasteiger charge is 2.47. The van der Waals surface area contributed by atoms with Crippen LogP contribution in [0, 0.1) is 0 Å². The summed E-state index contributed by atoms with van der Waals surface area (Å²) in [5, 5.41) is 2.81. The van der Waals surface area contributed by atoms with Crippen LogP contribution in [-0.4, -0.2) is 79.5 Å². The molecule has 2 atom stereocenters. The highest BCUT2D eigenvalue weighted by molar-refractivity contribution is 5.99. The number of carbonyl (C=O) groups excluding carboxylic acids is 3. The number of nitrogens with zero attached hydrogens (tertiary/aromatic N) is 2. The molecule has 0 bridgehead atoms. The second kappa shape index (κ2) is 10.8. The Balaban J connectivity index is 1.60. The predicted octanol–water partition coefficient (Wildman–Crippen LogP) is 1.67. The van der Waals surface area contributed by atoms with Crippen molar-refractivity contribution in [3.05, 3.63) is 59.7 Å². The smallest absolute Gasteiger partial charge is 0.254 e. The summed E-state index contributed by atoms with van der Waals surface area (Å²) in [6, 6.07) is 13.0. The van der Waals surface area contributed by atoms with Crippen LogP contribution in [0.4, 0.5) is 0 Å². The van der Waals surface area contributed by atoms with Crippen LogP contribution in [0.3, 0.4) is 0 Å². The second-order valence-electron chi connectivity index (χ2n) is 8.85. The normalized spacial score (nSPS) is 19.2. The van der Waals surface area contributed by atoms with Crippen molar-refractivity contribution >= 4 is 17.7 Å². The topological polar surface area (TPSA) is 114 Å². The minimum absolute atomic E-state index is 0.100. The third-order valence-electron chi connectivity index (χ3n) is 6.51. The van der Waals surface area contributed by atoms with Crippen LogP contribution in [0.15, 0.2) is 48.5 Å². The lowest BCUT2D eigenvalue weighted by Gasteiger charge is -2.29. The highest BCUT2D eigenvalue weighted by Crippen LogP contribution is 2.35. The molecule has 2 aromatic rings. The first-order valence-electron chi connectivity index (χ1n) is 11.9. The summed E-state index contributed by atoms with van der Waals surface area (Å²) in [7, 11) is 3.12. The number of likely N-dealkylation sites (tertiary alicyclic amines) is 1. The second-order valence-corrected chi connectivity index (χ2v) is 8.85. The number of nitrogens with one attached hydrogen (secondary N) is 1. The summed E-state index contributed by atoms with van der Waals surface area (Å²) in [6.07, 6.45) is 2.18. The van der Waals surface area contributed by atoms with Gasteiger partial charge in [-0.05, 0) is 61.7 Å². The Morgan fingerprint density at radius 2 is 1.71 bits per heavy atom. The summed E-state index contributed by atoms with van der Waals surface area (Å²) < 4.78 is 10.5. The van der Waals surface area contributed by atoms with Crippen LogP contribution in [0.5, 0.6) is 11.5 Å². The number of amides is 3. The SMILES string of the molecule is COc1ccc(C(=O)N(C2CC2)C2CC(C(=O)NCCN)N(C(=O)c3cccc(OC)c3)C2)cc1. The first kappa shape index (κ1) is 24.5. The van der Waals surface area contributed by atoms with Crippen LogP contribution in [0.1, 0.15) is 40.0 Å². The number of nitrogens with two attached hydrogens (primary N) is 1. The molecule has 186 valence electrons. The van der Waals surface area contributed by atoms with E-state index in [4.69, 9.17) is 15.2 Å². The number of methoxy groups -OCH3 is 2. The molecule has 1 saturated heterocycles. The molecular weight excluding hydrogens is 448 g/mol. The Hall–Kier alpha value is -3.59. The summed E-state index contributed by atoms with van der Waals surface area (Å²) in [4.78, 5) is 43.5. The summed E-state index contributed by atoms with van der Waals surface area (Å²) in [5.74, 6) is 0.600. The minimum Gasteiger partial charge on any atom is -0.497 e. The van der Waals surface area contributed by atoms with Crippen LogP contribution in [0.25, 0.3) is 0 Å². The van der Waals surface area contributed by atoms with E-state index in [2.05, 4.69) is 5.32 Å². The van der Waals surface area contributed by atoms with Crippen LogP contribution in [-0.2, 0) is 4.79 Å². The van der Waals surface area contributed by atoms with Crippen LogP contribution >= 0.6 is 0 Å².